The standard InChI is InChI=1S/C13H26O5S/c1-3-5-6-7-8-9-10-11-12(14)18-13(4-2)19(15,16)17/h13H,3-11H2,1-2H3,(H,15,16,17). The van der Waals surface area contributed by atoms with Crippen LogP contribution in [0.25, 0.3) is 0 Å². The minimum Gasteiger partial charge on any atom is -0.443 e. The molecule has 0 saturated carbocycles. The molecule has 0 aliphatic heterocycles. The molecule has 0 rings (SSSR count). The van der Waals surface area contributed by atoms with Crippen molar-refractivity contribution in [3.63, 3.8) is 0 Å². The normalized spacial score (nSPS) is 13.2. The Bertz CT molecular complexity index is 337. The van der Waals surface area contributed by atoms with Gasteiger partial charge in [-0.2, -0.15) is 8.42 Å². The van der Waals surface area contributed by atoms with Crippen LogP contribution in [0.15, 0.2) is 0 Å². The lowest BCUT2D eigenvalue weighted by Gasteiger charge is -2.12. The molecule has 0 aliphatic carbocycles. The van der Waals surface area contributed by atoms with Gasteiger partial charge in [-0.1, -0.05) is 52.4 Å². The fourth-order valence-corrected chi connectivity index (χ4v) is 2.44. The zero-order chi connectivity index (χ0) is 14.7. The number of unbranched alkanes of at least 4 members (excludes halogenated alkanes) is 6. The second-order valence-corrected chi connectivity index (χ2v) is 6.27. The van der Waals surface area contributed by atoms with Gasteiger partial charge in [0.2, 0.25) is 5.44 Å². The first-order chi connectivity index (χ1) is 8.91. The van der Waals surface area contributed by atoms with Crippen molar-refractivity contribution in [2.45, 2.75) is 77.1 Å². The summed E-state index contributed by atoms with van der Waals surface area (Å²) in [6.45, 7) is 3.70. The highest BCUT2D eigenvalue weighted by molar-refractivity contribution is 7.86. The number of carbonyl (C=O) groups is 1. The fraction of sp³-hybridized carbons (Fsp3) is 0.923. The highest BCUT2D eigenvalue weighted by atomic mass is 32.2. The topological polar surface area (TPSA) is 80.7 Å². The molecule has 0 aromatic rings. The van der Waals surface area contributed by atoms with Crippen LogP contribution >= 0.6 is 0 Å². The molecular weight excluding hydrogens is 268 g/mol. The third kappa shape index (κ3) is 9.90. The number of esters is 1. The number of rotatable bonds is 11. The third-order valence-corrected chi connectivity index (χ3v) is 4.01. The van der Waals surface area contributed by atoms with E-state index in [1.54, 1.807) is 6.92 Å². The second kappa shape index (κ2) is 10.2. The van der Waals surface area contributed by atoms with Gasteiger partial charge in [0.05, 0.1) is 0 Å². The first-order valence-electron chi connectivity index (χ1n) is 7.07. The van der Waals surface area contributed by atoms with Crippen molar-refractivity contribution in [2.75, 3.05) is 0 Å². The molecule has 0 spiro atoms. The largest absolute Gasteiger partial charge is 0.443 e. The Morgan fingerprint density at radius 2 is 1.58 bits per heavy atom. The summed E-state index contributed by atoms with van der Waals surface area (Å²) in [7, 11) is -4.30. The van der Waals surface area contributed by atoms with Crippen molar-refractivity contribution >= 4 is 16.1 Å². The summed E-state index contributed by atoms with van der Waals surface area (Å²) in [4.78, 5) is 11.4. The quantitative estimate of drug-likeness (QED) is 0.359. The Balaban J connectivity index is 3.70. The van der Waals surface area contributed by atoms with Crippen molar-refractivity contribution in [1.29, 1.82) is 0 Å². The van der Waals surface area contributed by atoms with Crippen molar-refractivity contribution < 1.29 is 22.5 Å². The van der Waals surface area contributed by atoms with Crippen LogP contribution in [0.3, 0.4) is 0 Å². The minimum absolute atomic E-state index is 0.0571. The van der Waals surface area contributed by atoms with Crippen LogP contribution in [0.2, 0.25) is 0 Å². The maximum Gasteiger partial charge on any atom is 0.307 e. The molecule has 1 atom stereocenters. The molecule has 1 unspecified atom stereocenters. The zero-order valence-corrected chi connectivity index (χ0v) is 12.7. The second-order valence-electron chi connectivity index (χ2n) is 4.71. The summed E-state index contributed by atoms with van der Waals surface area (Å²) in [5.41, 5.74) is -1.43. The molecule has 114 valence electrons. The molecule has 0 aromatic heterocycles. The van der Waals surface area contributed by atoms with E-state index in [2.05, 4.69) is 6.92 Å². The van der Waals surface area contributed by atoms with Gasteiger partial charge in [0, 0.05) is 6.42 Å². The van der Waals surface area contributed by atoms with Gasteiger partial charge in [0.15, 0.2) is 0 Å². The van der Waals surface area contributed by atoms with Crippen LogP contribution in [0.1, 0.15) is 71.6 Å². The van der Waals surface area contributed by atoms with E-state index < -0.39 is 21.5 Å². The van der Waals surface area contributed by atoms with Gasteiger partial charge in [0.1, 0.15) is 0 Å². The Morgan fingerprint density at radius 1 is 1.05 bits per heavy atom. The molecule has 0 fully saturated rings. The highest BCUT2D eigenvalue weighted by Crippen LogP contribution is 2.11. The lowest BCUT2D eigenvalue weighted by Crippen LogP contribution is -2.26. The van der Waals surface area contributed by atoms with E-state index in [4.69, 9.17) is 9.29 Å². The van der Waals surface area contributed by atoms with E-state index in [0.717, 1.165) is 12.8 Å². The van der Waals surface area contributed by atoms with E-state index in [9.17, 15) is 13.2 Å². The molecule has 0 saturated heterocycles. The molecule has 0 bridgehead atoms. The summed E-state index contributed by atoms with van der Waals surface area (Å²) >= 11 is 0. The van der Waals surface area contributed by atoms with Crippen LogP contribution in [0, 0.1) is 0 Å². The monoisotopic (exact) mass is 294 g/mol. The Labute approximate surface area is 116 Å². The van der Waals surface area contributed by atoms with E-state index in [1.807, 2.05) is 0 Å². The van der Waals surface area contributed by atoms with Crippen LogP contribution in [0.4, 0.5) is 0 Å². The van der Waals surface area contributed by atoms with E-state index in [1.165, 1.54) is 25.7 Å². The Morgan fingerprint density at radius 3 is 2.05 bits per heavy atom. The highest BCUT2D eigenvalue weighted by Gasteiger charge is 2.24. The molecule has 5 nitrogen and oxygen atoms in total. The lowest BCUT2D eigenvalue weighted by molar-refractivity contribution is -0.145. The average Bonchev–Trinajstić information content (AvgIpc) is 2.33. The van der Waals surface area contributed by atoms with Gasteiger partial charge >= 0.3 is 16.1 Å². The zero-order valence-electron chi connectivity index (χ0n) is 11.9. The van der Waals surface area contributed by atoms with Gasteiger partial charge in [-0.3, -0.25) is 9.35 Å². The molecule has 0 aliphatic rings. The molecule has 6 heteroatoms. The Hall–Kier alpha value is -0.620. The molecule has 0 aromatic carbocycles. The molecule has 0 heterocycles. The molecule has 19 heavy (non-hydrogen) atoms. The fourth-order valence-electron chi connectivity index (χ4n) is 1.79. The first kappa shape index (κ1) is 18.4. The molecular formula is C13H26O5S. The maximum absolute atomic E-state index is 11.4. The van der Waals surface area contributed by atoms with E-state index in [-0.39, 0.29) is 12.8 Å². The predicted molar refractivity (Wildman–Crippen MR) is 74.3 cm³/mol. The molecule has 0 radical (unpaired) electrons. The smallest absolute Gasteiger partial charge is 0.307 e. The number of ether oxygens (including phenoxy) is 1. The van der Waals surface area contributed by atoms with Crippen molar-refractivity contribution in [1.82, 2.24) is 0 Å². The van der Waals surface area contributed by atoms with Gasteiger partial charge in [-0.25, -0.2) is 0 Å². The number of hydrogen-bond acceptors (Lipinski definition) is 4. The van der Waals surface area contributed by atoms with Crippen LogP contribution in [-0.4, -0.2) is 24.4 Å². The van der Waals surface area contributed by atoms with Gasteiger partial charge in [0.25, 0.3) is 0 Å². The summed E-state index contributed by atoms with van der Waals surface area (Å²) in [6, 6.07) is 0. The van der Waals surface area contributed by atoms with Crippen LogP contribution in [-0.2, 0) is 19.6 Å². The molecule has 1 N–H and O–H groups in total. The number of hydrogen-bond donors (Lipinski definition) is 1. The predicted octanol–water partition coefficient (Wildman–Crippen LogP) is 3.29. The summed E-state index contributed by atoms with van der Waals surface area (Å²) in [5.74, 6) is -0.557. The first-order valence-corrected chi connectivity index (χ1v) is 8.57. The third-order valence-electron chi connectivity index (χ3n) is 2.91. The van der Waals surface area contributed by atoms with Crippen molar-refractivity contribution in [3.8, 4) is 0 Å². The van der Waals surface area contributed by atoms with E-state index >= 15 is 0 Å². The van der Waals surface area contributed by atoms with Crippen LogP contribution < -0.4 is 0 Å². The van der Waals surface area contributed by atoms with Gasteiger partial charge in [-0.05, 0) is 12.8 Å². The van der Waals surface area contributed by atoms with Crippen molar-refractivity contribution in [3.05, 3.63) is 0 Å². The summed E-state index contributed by atoms with van der Waals surface area (Å²) < 4.78 is 35.3. The minimum atomic E-state index is -4.30. The SMILES string of the molecule is CCCCCCCCCC(=O)OC(CC)S(=O)(=O)O. The molecule has 0 amide bonds. The van der Waals surface area contributed by atoms with Crippen LogP contribution in [0.5, 0.6) is 0 Å². The lowest BCUT2D eigenvalue weighted by atomic mass is 10.1. The van der Waals surface area contributed by atoms with E-state index in [0.29, 0.717) is 6.42 Å². The summed E-state index contributed by atoms with van der Waals surface area (Å²) in [5, 5.41) is 0. The average molecular weight is 294 g/mol. The Kier molecular flexibility index (Phi) is 9.87. The van der Waals surface area contributed by atoms with Crippen molar-refractivity contribution in [2.24, 2.45) is 0 Å². The maximum atomic E-state index is 11.4. The number of carbonyl (C=O) groups excluding carboxylic acids is 1. The van der Waals surface area contributed by atoms with Gasteiger partial charge < -0.3 is 4.74 Å². The van der Waals surface area contributed by atoms with Gasteiger partial charge in [-0.15, -0.1) is 0 Å². The summed E-state index contributed by atoms with van der Waals surface area (Å²) in [6.07, 6.45) is 7.85.